The lowest BCUT2D eigenvalue weighted by molar-refractivity contribution is 0.433. The molecule has 1 atom stereocenters. The maximum atomic E-state index is 11.8. The normalized spacial score (nSPS) is 18.9. The Labute approximate surface area is 84.9 Å². The van der Waals surface area contributed by atoms with E-state index in [9.17, 15) is 8.42 Å². The fourth-order valence-corrected chi connectivity index (χ4v) is 2.70. The topological polar surface area (TPSA) is 61.2 Å². The predicted octanol–water partition coefficient (Wildman–Crippen LogP) is 0.879. The van der Waals surface area contributed by atoms with E-state index in [1.165, 1.54) is 11.2 Å². The van der Waals surface area contributed by atoms with Crippen molar-refractivity contribution >= 4 is 10.0 Å². The molecule has 0 N–H and O–H groups in total. The van der Waals surface area contributed by atoms with E-state index in [-0.39, 0.29) is 6.04 Å². The first-order valence-corrected chi connectivity index (χ1v) is 6.05. The van der Waals surface area contributed by atoms with Gasteiger partial charge >= 0.3 is 0 Å². The highest BCUT2D eigenvalue weighted by Gasteiger charge is 2.39. The Morgan fingerprint density at radius 3 is 2.64 bits per heavy atom. The summed E-state index contributed by atoms with van der Waals surface area (Å²) < 4.78 is 25.0. The van der Waals surface area contributed by atoms with Gasteiger partial charge in [-0.3, -0.25) is 0 Å². The third-order valence-electron chi connectivity index (χ3n) is 2.22. The Kier molecular flexibility index (Phi) is 3.29. The molecule has 4 nitrogen and oxygen atoms in total. The van der Waals surface area contributed by atoms with Gasteiger partial charge in [0.2, 0.25) is 10.0 Å². The molecule has 1 aliphatic carbocycles. The molecule has 1 aliphatic rings. The lowest BCUT2D eigenvalue weighted by Crippen LogP contribution is -2.38. The van der Waals surface area contributed by atoms with Crippen LogP contribution in [0.5, 0.6) is 0 Å². The molecule has 0 heterocycles. The highest BCUT2D eigenvalue weighted by atomic mass is 32.2. The molecule has 0 aromatic heterocycles. The Hall–Kier alpha value is -0.860. The van der Waals surface area contributed by atoms with Gasteiger partial charge in [-0.1, -0.05) is 6.08 Å². The Bertz CT molecular complexity index is 351. The Balaban J connectivity index is 2.86. The van der Waals surface area contributed by atoms with Crippen molar-refractivity contribution in [1.82, 2.24) is 4.31 Å². The van der Waals surface area contributed by atoms with Crippen LogP contribution in [0.2, 0.25) is 0 Å². The van der Waals surface area contributed by atoms with Crippen molar-refractivity contribution in [1.29, 1.82) is 5.26 Å². The van der Waals surface area contributed by atoms with Crippen LogP contribution in [0.1, 0.15) is 19.8 Å². The summed E-state index contributed by atoms with van der Waals surface area (Å²) in [5.41, 5.74) is 0. The molecular weight excluding hydrogens is 200 g/mol. The molecule has 0 saturated heterocycles. The van der Waals surface area contributed by atoms with E-state index in [1.54, 1.807) is 12.1 Å². The number of nitrogens with zero attached hydrogens (tertiary/aromatic N) is 2. The van der Waals surface area contributed by atoms with Gasteiger partial charge in [-0.05, 0) is 19.8 Å². The molecule has 5 heteroatoms. The van der Waals surface area contributed by atoms with Crippen LogP contribution in [-0.2, 0) is 10.0 Å². The quantitative estimate of drug-likeness (QED) is 0.638. The van der Waals surface area contributed by atoms with E-state index in [0.29, 0.717) is 6.54 Å². The van der Waals surface area contributed by atoms with Crippen molar-refractivity contribution in [3.8, 4) is 6.07 Å². The molecule has 0 aliphatic heterocycles. The monoisotopic (exact) mass is 214 g/mol. The molecule has 0 aromatic carbocycles. The van der Waals surface area contributed by atoms with Crippen LogP contribution >= 0.6 is 0 Å². The average molecular weight is 214 g/mol. The van der Waals surface area contributed by atoms with Crippen LogP contribution in [0.25, 0.3) is 0 Å². The van der Waals surface area contributed by atoms with E-state index < -0.39 is 15.3 Å². The van der Waals surface area contributed by atoms with Gasteiger partial charge in [0.1, 0.15) is 0 Å². The second-order valence-electron chi connectivity index (χ2n) is 3.41. The molecule has 1 fully saturated rings. The maximum absolute atomic E-state index is 11.8. The van der Waals surface area contributed by atoms with Crippen LogP contribution in [0.3, 0.4) is 0 Å². The number of rotatable bonds is 5. The molecule has 0 spiro atoms. The van der Waals surface area contributed by atoms with Crippen LogP contribution in [0, 0.1) is 11.3 Å². The summed E-state index contributed by atoms with van der Waals surface area (Å²) in [6.45, 7) is 5.24. The molecule has 0 radical (unpaired) electrons. The van der Waals surface area contributed by atoms with Crippen molar-refractivity contribution in [2.24, 2.45) is 0 Å². The van der Waals surface area contributed by atoms with Gasteiger partial charge in [0, 0.05) is 12.6 Å². The molecule has 1 rings (SSSR count). The van der Waals surface area contributed by atoms with Gasteiger partial charge in [0.15, 0.2) is 5.25 Å². The minimum Gasteiger partial charge on any atom is -0.211 e. The zero-order valence-electron chi connectivity index (χ0n) is 8.18. The number of sulfonamides is 1. The molecule has 1 unspecified atom stereocenters. The standard InChI is InChI=1S/C9H14N2O2S/c1-3-6-11(9-4-5-9)14(12,13)8(2)7-10/h3,8-9H,1,4-6H2,2H3. The van der Waals surface area contributed by atoms with E-state index in [4.69, 9.17) is 5.26 Å². The fourth-order valence-electron chi connectivity index (χ4n) is 1.22. The van der Waals surface area contributed by atoms with Crippen LogP contribution in [0.15, 0.2) is 12.7 Å². The van der Waals surface area contributed by atoms with Gasteiger partial charge < -0.3 is 0 Å². The van der Waals surface area contributed by atoms with Crippen molar-refractivity contribution in [2.45, 2.75) is 31.1 Å². The summed E-state index contributed by atoms with van der Waals surface area (Å²) in [5, 5.41) is 7.64. The first kappa shape index (κ1) is 11.2. The van der Waals surface area contributed by atoms with Crippen LogP contribution in [0.4, 0.5) is 0 Å². The summed E-state index contributed by atoms with van der Waals surface area (Å²) in [5.74, 6) is 0. The number of hydrogen-bond donors (Lipinski definition) is 0. The third-order valence-corrected chi connectivity index (χ3v) is 4.32. The smallest absolute Gasteiger partial charge is 0.211 e. The molecule has 1 saturated carbocycles. The van der Waals surface area contributed by atoms with E-state index in [1.807, 2.05) is 0 Å². The lowest BCUT2D eigenvalue weighted by atomic mass is 10.5. The zero-order valence-corrected chi connectivity index (χ0v) is 9.00. The summed E-state index contributed by atoms with van der Waals surface area (Å²) in [6.07, 6.45) is 3.34. The van der Waals surface area contributed by atoms with E-state index in [0.717, 1.165) is 12.8 Å². The summed E-state index contributed by atoms with van der Waals surface area (Å²) in [6, 6.07) is 1.85. The molecule has 14 heavy (non-hydrogen) atoms. The molecule has 0 amide bonds. The van der Waals surface area contributed by atoms with E-state index in [2.05, 4.69) is 6.58 Å². The molecule has 78 valence electrons. The molecule has 0 aromatic rings. The van der Waals surface area contributed by atoms with Gasteiger partial charge in [0.25, 0.3) is 0 Å². The Morgan fingerprint density at radius 2 is 2.29 bits per heavy atom. The first-order valence-electron chi connectivity index (χ1n) is 4.55. The van der Waals surface area contributed by atoms with Crippen molar-refractivity contribution in [3.05, 3.63) is 12.7 Å². The average Bonchev–Trinajstić information content (AvgIpc) is 2.95. The highest BCUT2D eigenvalue weighted by Crippen LogP contribution is 2.30. The summed E-state index contributed by atoms with van der Waals surface area (Å²) in [4.78, 5) is 0. The van der Waals surface area contributed by atoms with Crippen molar-refractivity contribution < 1.29 is 8.42 Å². The second kappa shape index (κ2) is 4.11. The van der Waals surface area contributed by atoms with Gasteiger partial charge in [-0.2, -0.15) is 9.57 Å². The van der Waals surface area contributed by atoms with Crippen LogP contribution in [-0.4, -0.2) is 30.6 Å². The fraction of sp³-hybridized carbons (Fsp3) is 0.667. The van der Waals surface area contributed by atoms with Crippen LogP contribution < -0.4 is 0 Å². The van der Waals surface area contributed by atoms with Crippen molar-refractivity contribution in [3.63, 3.8) is 0 Å². The minimum absolute atomic E-state index is 0.0915. The van der Waals surface area contributed by atoms with Crippen molar-refractivity contribution in [2.75, 3.05) is 6.54 Å². The number of hydrogen-bond acceptors (Lipinski definition) is 3. The lowest BCUT2D eigenvalue weighted by Gasteiger charge is -2.21. The Morgan fingerprint density at radius 1 is 1.71 bits per heavy atom. The van der Waals surface area contributed by atoms with E-state index >= 15 is 0 Å². The molecular formula is C9H14N2O2S. The number of nitriles is 1. The SMILES string of the molecule is C=CCN(C1CC1)S(=O)(=O)C(C)C#N. The van der Waals surface area contributed by atoms with Gasteiger partial charge in [-0.25, -0.2) is 8.42 Å². The highest BCUT2D eigenvalue weighted by molar-refractivity contribution is 7.90. The van der Waals surface area contributed by atoms with Gasteiger partial charge in [0.05, 0.1) is 6.07 Å². The maximum Gasteiger partial charge on any atom is 0.230 e. The summed E-state index contributed by atoms with van der Waals surface area (Å²) >= 11 is 0. The third kappa shape index (κ3) is 2.14. The second-order valence-corrected chi connectivity index (χ2v) is 5.61. The summed E-state index contributed by atoms with van der Waals surface area (Å²) in [7, 11) is -3.45. The zero-order chi connectivity index (χ0) is 10.8. The van der Waals surface area contributed by atoms with Gasteiger partial charge in [-0.15, -0.1) is 6.58 Å². The minimum atomic E-state index is -3.45. The first-order chi connectivity index (χ1) is 6.54. The predicted molar refractivity (Wildman–Crippen MR) is 53.9 cm³/mol. The largest absolute Gasteiger partial charge is 0.230 e. The molecule has 0 bridgehead atoms.